The summed E-state index contributed by atoms with van der Waals surface area (Å²) in [7, 11) is 2.06. The van der Waals surface area contributed by atoms with E-state index in [-0.39, 0.29) is 0 Å². The average Bonchev–Trinajstić information content (AvgIpc) is 2.96. The van der Waals surface area contributed by atoms with Crippen molar-refractivity contribution < 1.29 is 4.74 Å². The minimum absolute atomic E-state index is 0.697. The van der Waals surface area contributed by atoms with Gasteiger partial charge in [0.2, 0.25) is 0 Å². The highest BCUT2D eigenvalue weighted by Gasteiger charge is 2.21. The number of nitrogens with zero attached hydrogens (tertiary/aromatic N) is 5. The number of rotatable bonds is 6. The van der Waals surface area contributed by atoms with E-state index in [0.717, 1.165) is 56.5 Å². The first-order valence-corrected chi connectivity index (χ1v) is 8.79. The Labute approximate surface area is 144 Å². The summed E-state index contributed by atoms with van der Waals surface area (Å²) in [4.78, 5) is 4.86. The SMILES string of the molecule is CCOc1ccccc1N1CCN(Cc2nnc(CC)n2C)CC1. The zero-order chi connectivity index (χ0) is 16.9. The lowest BCUT2D eigenvalue weighted by Crippen LogP contribution is -2.46. The van der Waals surface area contributed by atoms with Gasteiger partial charge in [0.1, 0.15) is 17.4 Å². The Morgan fingerprint density at radius 1 is 1.00 bits per heavy atom. The molecule has 1 fully saturated rings. The Balaban J connectivity index is 1.61. The van der Waals surface area contributed by atoms with Crippen molar-refractivity contribution in [2.24, 2.45) is 7.05 Å². The molecule has 24 heavy (non-hydrogen) atoms. The standard InChI is InChI=1S/C18H27N5O/c1-4-17-19-20-18(21(17)3)14-22-10-12-23(13-11-22)15-8-6-7-9-16(15)24-5-2/h6-9H,4-5,10-14H2,1-3H3. The molecule has 1 aromatic carbocycles. The third-order valence-corrected chi connectivity index (χ3v) is 4.61. The van der Waals surface area contributed by atoms with Gasteiger partial charge in [-0.15, -0.1) is 10.2 Å². The van der Waals surface area contributed by atoms with Crippen molar-refractivity contribution in [3.63, 3.8) is 0 Å². The number of para-hydroxylation sites is 2. The van der Waals surface area contributed by atoms with Gasteiger partial charge in [-0.05, 0) is 19.1 Å². The van der Waals surface area contributed by atoms with E-state index in [9.17, 15) is 0 Å². The largest absolute Gasteiger partial charge is 0.492 e. The van der Waals surface area contributed by atoms with E-state index in [1.807, 2.05) is 13.0 Å². The molecule has 1 aliphatic rings. The molecule has 0 saturated carbocycles. The summed E-state index contributed by atoms with van der Waals surface area (Å²) >= 11 is 0. The molecule has 0 radical (unpaired) electrons. The molecule has 0 amide bonds. The van der Waals surface area contributed by atoms with Gasteiger partial charge in [0.15, 0.2) is 0 Å². The van der Waals surface area contributed by atoms with Crippen LogP contribution in [-0.4, -0.2) is 52.5 Å². The van der Waals surface area contributed by atoms with Gasteiger partial charge in [-0.1, -0.05) is 19.1 Å². The van der Waals surface area contributed by atoms with E-state index in [4.69, 9.17) is 4.74 Å². The maximum absolute atomic E-state index is 5.77. The highest BCUT2D eigenvalue weighted by Crippen LogP contribution is 2.28. The van der Waals surface area contributed by atoms with E-state index in [2.05, 4.69) is 56.7 Å². The number of ether oxygens (including phenoxy) is 1. The molecule has 0 bridgehead atoms. The Kier molecular flexibility index (Phi) is 5.35. The Hall–Kier alpha value is -2.08. The third-order valence-electron chi connectivity index (χ3n) is 4.61. The minimum Gasteiger partial charge on any atom is -0.492 e. The molecule has 6 heteroatoms. The van der Waals surface area contributed by atoms with Gasteiger partial charge in [0.25, 0.3) is 0 Å². The summed E-state index contributed by atoms with van der Waals surface area (Å²) in [5.74, 6) is 3.08. The number of anilines is 1. The van der Waals surface area contributed by atoms with E-state index in [1.165, 1.54) is 5.69 Å². The Morgan fingerprint density at radius 3 is 2.38 bits per heavy atom. The van der Waals surface area contributed by atoms with E-state index < -0.39 is 0 Å². The van der Waals surface area contributed by atoms with Crippen LogP contribution < -0.4 is 9.64 Å². The van der Waals surface area contributed by atoms with Crippen LogP contribution in [0.3, 0.4) is 0 Å². The van der Waals surface area contributed by atoms with Crippen molar-refractivity contribution >= 4 is 5.69 Å². The Morgan fingerprint density at radius 2 is 1.71 bits per heavy atom. The van der Waals surface area contributed by atoms with Crippen LogP contribution in [0.5, 0.6) is 5.75 Å². The van der Waals surface area contributed by atoms with Gasteiger partial charge in [0, 0.05) is 39.6 Å². The second kappa shape index (κ2) is 7.66. The van der Waals surface area contributed by atoms with Crippen molar-refractivity contribution in [3.05, 3.63) is 35.9 Å². The molecule has 3 rings (SSSR count). The maximum atomic E-state index is 5.77. The first-order chi connectivity index (χ1) is 11.7. The van der Waals surface area contributed by atoms with E-state index >= 15 is 0 Å². The molecule has 1 saturated heterocycles. The molecule has 6 nitrogen and oxygen atoms in total. The highest BCUT2D eigenvalue weighted by molar-refractivity contribution is 5.58. The van der Waals surface area contributed by atoms with Crippen LogP contribution in [-0.2, 0) is 20.0 Å². The summed E-state index contributed by atoms with van der Waals surface area (Å²) in [6.45, 7) is 9.75. The van der Waals surface area contributed by atoms with Crippen LogP contribution in [0.25, 0.3) is 0 Å². The smallest absolute Gasteiger partial charge is 0.146 e. The summed E-state index contributed by atoms with van der Waals surface area (Å²) < 4.78 is 7.89. The number of hydrogen-bond acceptors (Lipinski definition) is 5. The number of aryl methyl sites for hydroxylation is 1. The van der Waals surface area contributed by atoms with E-state index in [0.29, 0.717) is 6.61 Å². The summed E-state index contributed by atoms with van der Waals surface area (Å²) in [5.41, 5.74) is 1.20. The predicted molar refractivity (Wildman–Crippen MR) is 95.5 cm³/mol. The van der Waals surface area contributed by atoms with Gasteiger partial charge in [-0.25, -0.2) is 0 Å². The monoisotopic (exact) mass is 329 g/mol. The molecule has 0 spiro atoms. The summed E-state index contributed by atoms with van der Waals surface area (Å²) in [6, 6.07) is 8.31. The lowest BCUT2D eigenvalue weighted by Gasteiger charge is -2.36. The van der Waals surface area contributed by atoms with Gasteiger partial charge < -0.3 is 14.2 Å². The molecule has 1 aliphatic heterocycles. The molecule has 130 valence electrons. The predicted octanol–water partition coefficient (Wildman–Crippen LogP) is 2.10. The number of hydrogen-bond donors (Lipinski definition) is 0. The number of benzene rings is 1. The molecule has 2 aromatic rings. The van der Waals surface area contributed by atoms with Crippen LogP contribution >= 0.6 is 0 Å². The Bertz CT molecular complexity index is 661. The molecule has 2 heterocycles. The molecule has 0 atom stereocenters. The second-order valence-electron chi connectivity index (χ2n) is 6.11. The topological polar surface area (TPSA) is 46.4 Å². The first kappa shape index (κ1) is 16.8. The fourth-order valence-electron chi connectivity index (χ4n) is 3.19. The number of aromatic nitrogens is 3. The fourth-order valence-corrected chi connectivity index (χ4v) is 3.19. The molecule has 0 unspecified atom stereocenters. The zero-order valence-electron chi connectivity index (χ0n) is 14.9. The normalized spacial score (nSPS) is 15.7. The maximum Gasteiger partial charge on any atom is 0.146 e. The van der Waals surface area contributed by atoms with Gasteiger partial charge in [-0.2, -0.15) is 0 Å². The highest BCUT2D eigenvalue weighted by atomic mass is 16.5. The number of piperazine rings is 1. The first-order valence-electron chi connectivity index (χ1n) is 8.79. The lowest BCUT2D eigenvalue weighted by atomic mass is 10.2. The van der Waals surface area contributed by atoms with Crippen molar-refractivity contribution in [2.75, 3.05) is 37.7 Å². The molecule has 0 aliphatic carbocycles. The van der Waals surface area contributed by atoms with Gasteiger partial charge in [-0.3, -0.25) is 4.90 Å². The zero-order valence-corrected chi connectivity index (χ0v) is 14.9. The van der Waals surface area contributed by atoms with Crippen molar-refractivity contribution in [2.45, 2.75) is 26.8 Å². The van der Waals surface area contributed by atoms with Crippen LogP contribution in [0.4, 0.5) is 5.69 Å². The van der Waals surface area contributed by atoms with Crippen LogP contribution in [0.1, 0.15) is 25.5 Å². The summed E-state index contributed by atoms with van der Waals surface area (Å²) in [5, 5.41) is 8.59. The van der Waals surface area contributed by atoms with Crippen LogP contribution in [0.15, 0.2) is 24.3 Å². The molecule has 0 N–H and O–H groups in total. The molecular formula is C18H27N5O. The second-order valence-corrected chi connectivity index (χ2v) is 6.11. The van der Waals surface area contributed by atoms with Crippen molar-refractivity contribution in [1.29, 1.82) is 0 Å². The van der Waals surface area contributed by atoms with Crippen molar-refractivity contribution in [3.8, 4) is 5.75 Å². The quantitative estimate of drug-likeness (QED) is 0.812. The lowest BCUT2D eigenvalue weighted by molar-refractivity contribution is 0.240. The van der Waals surface area contributed by atoms with Crippen LogP contribution in [0.2, 0.25) is 0 Å². The molecular weight excluding hydrogens is 302 g/mol. The van der Waals surface area contributed by atoms with E-state index in [1.54, 1.807) is 0 Å². The van der Waals surface area contributed by atoms with Crippen LogP contribution in [0, 0.1) is 0 Å². The van der Waals surface area contributed by atoms with Gasteiger partial charge in [0.05, 0.1) is 18.8 Å². The summed E-state index contributed by atoms with van der Waals surface area (Å²) in [6.07, 6.45) is 0.922. The minimum atomic E-state index is 0.697. The van der Waals surface area contributed by atoms with Gasteiger partial charge >= 0.3 is 0 Å². The molecule has 1 aromatic heterocycles. The third kappa shape index (κ3) is 3.53. The average molecular weight is 329 g/mol. The fraction of sp³-hybridized carbons (Fsp3) is 0.556. The van der Waals surface area contributed by atoms with Crippen molar-refractivity contribution in [1.82, 2.24) is 19.7 Å².